The standard InChI is InChI=1S/C15H16N2O5S/c18-15(19)11-4-3-9-17(10-11)23(20,21)14-6-2-1-5-12(14)13-7-8-16-22-13/h1-2,5-8,11H,3-4,9-10H2,(H,18,19). The van der Waals surface area contributed by atoms with Crippen LogP contribution in [0.1, 0.15) is 12.8 Å². The van der Waals surface area contributed by atoms with Gasteiger partial charge in [-0.2, -0.15) is 4.31 Å². The smallest absolute Gasteiger partial charge is 0.307 e. The summed E-state index contributed by atoms with van der Waals surface area (Å²) in [6.45, 7) is 0.305. The van der Waals surface area contributed by atoms with Crippen molar-refractivity contribution < 1.29 is 22.8 Å². The molecule has 7 nitrogen and oxygen atoms in total. The first-order valence-electron chi connectivity index (χ1n) is 7.23. The minimum absolute atomic E-state index is 0.0115. The van der Waals surface area contributed by atoms with Crippen molar-refractivity contribution in [2.45, 2.75) is 17.7 Å². The first-order valence-corrected chi connectivity index (χ1v) is 8.67. The summed E-state index contributed by atoms with van der Waals surface area (Å²) in [5.41, 5.74) is 0.419. The molecule has 8 heteroatoms. The maximum atomic E-state index is 12.9. The number of aliphatic carboxylic acids is 1. The van der Waals surface area contributed by atoms with E-state index in [0.717, 1.165) is 0 Å². The minimum Gasteiger partial charge on any atom is -0.481 e. The van der Waals surface area contributed by atoms with Crippen molar-refractivity contribution in [3.8, 4) is 11.3 Å². The number of hydrogen-bond acceptors (Lipinski definition) is 5. The van der Waals surface area contributed by atoms with Gasteiger partial charge in [0.2, 0.25) is 10.0 Å². The Morgan fingerprint density at radius 2 is 2.09 bits per heavy atom. The van der Waals surface area contributed by atoms with Crippen LogP contribution in [-0.2, 0) is 14.8 Å². The fourth-order valence-corrected chi connectivity index (χ4v) is 4.47. The molecule has 0 bridgehead atoms. The van der Waals surface area contributed by atoms with Crippen LogP contribution >= 0.6 is 0 Å². The molecule has 1 fully saturated rings. The minimum atomic E-state index is -3.80. The van der Waals surface area contributed by atoms with Crippen LogP contribution in [0.15, 0.2) is 45.9 Å². The second kappa shape index (κ2) is 6.13. The number of nitrogens with zero attached hydrogens (tertiary/aromatic N) is 2. The maximum absolute atomic E-state index is 12.9. The van der Waals surface area contributed by atoms with E-state index >= 15 is 0 Å². The zero-order chi connectivity index (χ0) is 16.4. The summed E-state index contributed by atoms with van der Waals surface area (Å²) in [6, 6.07) is 8.08. The molecule has 1 aromatic carbocycles. The number of hydrogen-bond donors (Lipinski definition) is 1. The molecular formula is C15H16N2O5S. The molecule has 1 unspecified atom stereocenters. The van der Waals surface area contributed by atoms with Crippen molar-refractivity contribution in [2.24, 2.45) is 5.92 Å². The molecule has 1 aromatic heterocycles. The van der Waals surface area contributed by atoms with Gasteiger partial charge in [0.1, 0.15) is 0 Å². The van der Waals surface area contributed by atoms with Crippen molar-refractivity contribution in [1.82, 2.24) is 9.46 Å². The van der Waals surface area contributed by atoms with Gasteiger partial charge in [0.25, 0.3) is 0 Å². The van der Waals surface area contributed by atoms with Crippen LogP contribution in [0.5, 0.6) is 0 Å². The summed E-state index contributed by atoms with van der Waals surface area (Å²) in [5.74, 6) is -1.28. The number of carboxylic acids is 1. The highest BCUT2D eigenvalue weighted by Crippen LogP contribution is 2.31. The SMILES string of the molecule is O=C(O)C1CCCN(S(=O)(=O)c2ccccc2-c2ccno2)C1. The number of aromatic nitrogens is 1. The normalized spacial score (nSPS) is 19.6. The predicted molar refractivity (Wildman–Crippen MR) is 81.1 cm³/mol. The lowest BCUT2D eigenvalue weighted by Gasteiger charge is -2.30. The van der Waals surface area contributed by atoms with E-state index in [2.05, 4.69) is 5.16 Å². The lowest BCUT2D eigenvalue weighted by molar-refractivity contribution is -0.142. The van der Waals surface area contributed by atoms with Crippen molar-refractivity contribution in [1.29, 1.82) is 0 Å². The van der Waals surface area contributed by atoms with Crippen LogP contribution in [0.4, 0.5) is 0 Å². The first kappa shape index (κ1) is 15.7. The molecule has 2 heterocycles. The summed E-state index contributed by atoms with van der Waals surface area (Å²) < 4.78 is 32.2. The van der Waals surface area contributed by atoms with E-state index in [1.165, 1.54) is 16.6 Å². The zero-order valence-corrected chi connectivity index (χ0v) is 13.1. The molecule has 1 N–H and O–H groups in total. The summed E-state index contributed by atoms with van der Waals surface area (Å²) in [6.07, 6.45) is 2.46. The Kier molecular flexibility index (Phi) is 4.18. The van der Waals surface area contributed by atoms with Crippen LogP contribution < -0.4 is 0 Å². The average molecular weight is 336 g/mol. The third-order valence-electron chi connectivity index (χ3n) is 3.94. The lowest BCUT2D eigenvalue weighted by atomic mass is 10.0. The van der Waals surface area contributed by atoms with Gasteiger partial charge in [-0.15, -0.1) is 0 Å². The number of piperidine rings is 1. The van der Waals surface area contributed by atoms with E-state index in [0.29, 0.717) is 30.7 Å². The van der Waals surface area contributed by atoms with E-state index in [1.807, 2.05) is 0 Å². The molecule has 23 heavy (non-hydrogen) atoms. The Hall–Kier alpha value is -2.19. The van der Waals surface area contributed by atoms with E-state index in [4.69, 9.17) is 9.63 Å². The number of benzene rings is 1. The van der Waals surface area contributed by atoms with E-state index < -0.39 is 21.9 Å². The van der Waals surface area contributed by atoms with E-state index in [-0.39, 0.29) is 11.4 Å². The highest BCUT2D eigenvalue weighted by molar-refractivity contribution is 7.89. The summed E-state index contributed by atoms with van der Waals surface area (Å²) in [5, 5.41) is 12.8. The van der Waals surface area contributed by atoms with Gasteiger partial charge in [0.15, 0.2) is 5.76 Å². The molecular weight excluding hydrogens is 320 g/mol. The number of carbonyl (C=O) groups is 1. The number of carboxylic acid groups (broad SMARTS) is 1. The van der Waals surface area contributed by atoms with Crippen LogP contribution in [-0.4, -0.2) is 42.0 Å². The first-order chi connectivity index (χ1) is 11.0. The van der Waals surface area contributed by atoms with Gasteiger partial charge in [-0.05, 0) is 25.0 Å². The fourth-order valence-electron chi connectivity index (χ4n) is 2.75. The molecule has 122 valence electrons. The average Bonchev–Trinajstić information content (AvgIpc) is 3.09. The van der Waals surface area contributed by atoms with Crippen LogP contribution in [0, 0.1) is 5.92 Å². The number of rotatable bonds is 4. The molecule has 3 rings (SSSR count). The highest BCUT2D eigenvalue weighted by Gasteiger charge is 2.34. The van der Waals surface area contributed by atoms with E-state index in [1.54, 1.807) is 24.3 Å². The molecule has 1 aliphatic heterocycles. The van der Waals surface area contributed by atoms with Gasteiger partial charge >= 0.3 is 5.97 Å². The molecule has 1 atom stereocenters. The van der Waals surface area contributed by atoms with Gasteiger partial charge in [0, 0.05) is 24.7 Å². The molecule has 2 aromatic rings. The van der Waals surface area contributed by atoms with Crippen LogP contribution in [0.25, 0.3) is 11.3 Å². The Morgan fingerprint density at radius 3 is 2.78 bits per heavy atom. The van der Waals surface area contributed by atoms with Gasteiger partial charge < -0.3 is 9.63 Å². The quantitative estimate of drug-likeness (QED) is 0.914. The summed E-state index contributed by atoms with van der Waals surface area (Å²) >= 11 is 0. The monoisotopic (exact) mass is 336 g/mol. The fraction of sp³-hybridized carbons (Fsp3) is 0.333. The third kappa shape index (κ3) is 2.99. The second-order valence-corrected chi connectivity index (χ2v) is 7.32. The summed E-state index contributed by atoms with van der Waals surface area (Å²) in [7, 11) is -3.80. The predicted octanol–water partition coefficient (Wildman–Crippen LogP) is 1.83. The van der Waals surface area contributed by atoms with Crippen molar-refractivity contribution in [3.63, 3.8) is 0 Å². The Bertz CT molecular complexity index is 801. The topological polar surface area (TPSA) is 101 Å². The van der Waals surface area contributed by atoms with Crippen molar-refractivity contribution in [2.75, 3.05) is 13.1 Å². The molecule has 0 aliphatic carbocycles. The van der Waals surface area contributed by atoms with Gasteiger partial charge in [-0.3, -0.25) is 4.79 Å². The summed E-state index contributed by atoms with van der Waals surface area (Å²) in [4.78, 5) is 11.3. The van der Waals surface area contributed by atoms with Gasteiger partial charge in [0.05, 0.1) is 17.0 Å². The molecule has 1 aliphatic rings. The lowest BCUT2D eigenvalue weighted by Crippen LogP contribution is -2.42. The number of sulfonamides is 1. The Balaban J connectivity index is 1.99. The molecule has 0 spiro atoms. The van der Waals surface area contributed by atoms with Gasteiger partial charge in [-0.25, -0.2) is 8.42 Å². The second-order valence-electron chi connectivity index (χ2n) is 5.41. The Labute approximate surface area is 133 Å². The molecule has 0 radical (unpaired) electrons. The largest absolute Gasteiger partial charge is 0.481 e. The molecule has 0 amide bonds. The third-order valence-corrected chi connectivity index (χ3v) is 5.86. The zero-order valence-electron chi connectivity index (χ0n) is 12.3. The van der Waals surface area contributed by atoms with Crippen LogP contribution in [0.3, 0.4) is 0 Å². The Morgan fingerprint density at radius 1 is 1.30 bits per heavy atom. The van der Waals surface area contributed by atoms with Crippen LogP contribution in [0.2, 0.25) is 0 Å². The van der Waals surface area contributed by atoms with E-state index in [9.17, 15) is 13.2 Å². The van der Waals surface area contributed by atoms with Crippen molar-refractivity contribution >= 4 is 16.0 Å². The molecule has 0 saturated carbocycles. The van der Waals surface area contributed by atoms with Crippen molar-refractivity contribution in [3.05, 3.63) is 36.5 Å². The van der Waals surface area contributed by atoms with Gasteiger partial charge in [-0.1, -0.05) is 17.3 Å². The highest BCUT2D eigenvalue weighted by atomic mass is 32.2. The maximum Gasteiger partial charge on any atom is 0.307 e. The molecule has 1 saturated heterocycles.